The minimum atomic E-state index is -0.448. The molecular formula is C18H13NO4. The van der Waals surface area contributed by atoms with Gasteiger partial charge >= 0.3 is 0 Å². The van der Waals surface area contributed by atoms with Gasteiger partial charge < -0.3 is 9.47 Å². The van der Waals surface area contributed by atoms with Gasteiger partial charge in [0.25, 0.3) is 5.69 Å². The fourth-order valence-corrected chi connectivity index (χ4v) is 2.00. The molecule has 5 nitrogen and oxygen atoms in total. The summed E-state index contributed by atoms with van der Waals surface area (Å²) in [7, 11) is 0. The number of hydrogen-bond donors (Lipinski definition) is 0. The summed E-state index contributed by atoms with van der Waals surface area (Å²) in [5.41, 5.74) is 0.0196. The molecule has 114 valence electrons. The van der Waals surface area contributed by atoms with E-state index in [0.29, 0.717) is 23.0 Å². The Morgan fingerprint density at radius 3 is 1.65 bits per heavy atom. The zero-order chi connectivity index (χ0) is 16.1. The number of nitrogens with zero attached hydrogens (tertiary/aromatic N) is 1. The van der Waals surface area contributed by atoms with Crippen LogP contribution in [0, 0.1) is 10.1 Å². The van der Waals surface area contributed by atoms with Crippen molar-refractivity contribution in [3.05, 3.63) is 89.0 Å². The Morgan fingerprint density at radius 2 is 1.13 bits per heavy atom. The molecule has 23 heavy (non-hydrogen) atoms. The summed E-state index contributed by atoms with van der Waals surface area (Å²) in [5.74, 6) is 2.30. The zero-order valence-corrected chi connectivity index (χ0v) is 12.1. The summed E-state index contributed by atoms with van der Waals surface area (Å²) < 4.78 is 11.6. The number of nitro benzene ring substituents is 1. The molecule has 0 heterocycles. The Labute approximate surface area is 132 Å². The molecule has 0 saturated carbocycles. The van der Waals surface area contributed by atoms with Crippen LogP contribution in [0.1, 0.15) is 0 Å². The molecule has 0 spiro atoms. The first-order chi connectivity index (χ1) is 11.2. The third-order valence-electron chi connectivity index (χ3n) is 3.10. The van der Waals surface area contributed by atoms with Crippen LogP contribution in [0.2, 0.25) is 0 Å². The molecule has 0 N–H and O–H groups in total. The van der Waals surface area contributed by atoms with Crippen molar-refractivity contribution in [2.45, 2.75) is 0 Å². The van der Waals surface area contributed by atoms with E-state index in [1.54, 1.807) is 24.3 Å². The first-order valence-corrected chi connectivity index (χ1v) is 6.96. The number of rotatable bonds is 5. The van der Waals surface area contributed by atoms with Gasteiger partial charge in [-0.05, 0) is 36.4 Å². The van der Waals surface area contributed by atoms with Crippen molar-refractivity contribution in [2.24, 2.45) is 0 Å². The number of non-ortho nitro benzene ring substituents is 1. The normalized spacial score (nSPS) is 10.1. The summed E-state index contributed by atoms with van der Waals surface area (Å²) >= 11 is 0. The average Bonchev–Trinajstić information content (AvgIpc) is 2.58. The van der Waals surface area contributed by atoms with E-state index in [2.05, 4.69) is 0 Å². The van der Waals surface area contributed by atoms with E-state index in [1.165, 1.54) is 12.1 Å². The van der Waals surface area contributed by atoms with Crippen LogP contribution >= 0.6 is 0 Å². The lowest BCUT2D eigenvalue weighted by Gasteiger charge is -2.12. The molecule has 0 amide bonds. The molecular weight excluding hydrogens is 294 g/mol. The van der Waals surface area contributed by atoms with Crippen LogP contribution in [0.4, 0.5) is 5.69 Å². The van der Waals surface area contributed by atoms with Gasteiger partial charge in [0.05, 0.1) is 4.92 Å². The maximum atomic E-state index is 10.7. The van der Waals surface area contributed by atoms with E-state index < -0.39 is 4.92 Å². The van der Waals surface area contributed by atoms with Gasteiger partial charge in [0.2, 0.25) is 0 Å². The predicted octanol–water partition coefficient (Wildman–Crippen LogP) is 5.18. The molecule has 0 bridgehead atoms. The minimum Gasteiger partial charge on any atom is -0.453 e. The summed E-state index contributed by atoms with van der Waals surface area (Å²) in [6.07, 6.45) is 0. The van der Waals surface area contributed by atoms with Gasteiger partial charge in [-0.25, -0.2) is 0 Å². The lowest BCUT2D eigenvalue weighted by atomic mass is 10.3. The number of para-hydroxylation sites is 3. The Hall–Kier alpha value is -3.34. The number of nitro groups is 1. The first kappa shape index (κ1) is 14.6. The van der Waals surface area contributed by atoms with Crippen molar-refractivity contribution in [3.63, 3.8) is 0 Å². The second-order valence-corrected chi connectivity index (χ2v) is 4.71. The lowest BCUT2D eigenvalue weighted by molar-refractivity contribution is -0.384. The van der Waals surface area contributed by atoms with E-state index in [4.69, 9.17) is 9.47 Å². The highest BCUT2D eigenvalue weighted by atomic mass is 16.6. The molecule has 0 aromatic heterocycles. The average molecular weight is 307 g/mol. The highest BCUT2D eigenvalue weighted by Crippen LogP contribution is 2.34. The molecule has 3 rings (SSSR count). The molecule has 5 heteroatoms. The van der Waals surface area contributed by atoms with Gasteiger partial charge in [-0.2, -0.15) is 0 Å². The summed E-state index contributed by atoms with van der Waals surface area (Å²) in [4.78, 5) is 10.2. The van der Waals surface area contributed by atoms with E-state index in [0.717, 1.165) is 0 Å². The molecule has 3 aromatic rings. The van der Waals surface area contributed by atoms with Crippen molar-refractivity contribution in [3.8, 4) is 23.0 Å². The summed E-state index contributed by atoms with van der Waals surface area (Å²) in [5, 5.41) is 10.7. The fraction of sp³-hybridized carbons (Fsp3) is 0. The SMILES string of the molecule is O=[N+]([O-])c1ccc(Oc2ccccc2Oc2ccccc2)cc1. The van der Waals surface area contributed by atoms with Gasteiger partial charge in [-0.15, -0.1) is 0 Å². The highest BCUT2D eigenvalue weighted by Gasteiger charge is 2.09. The van der Waals surface area contributed by atoms with Gasteiger partial charge in [0, 0.05) is 12.1 Å². The third-order valence-corrected chi connectivity index (χ3v) is 3.10. The fourth-order valence-electron chi connectivity index (χ4n) is 2.00. The topological polar surface area (TPSA) is 61.6 Å². The maximum Gasteiger partial charge on any atom is 0.269 e. The van der Waals surface area contributed by atoms with Crippen molar-refractivity contribution in [1.82, 2.24) is 0 Å². The van der Waals surface area contributed by atoms with Crippen molar-refractivity contribution >= 4 is 5.69 Å². The largest absolute Gasteiger partial charge is 0.453 e. The van der Waals surface area contributed by atoms with Crippen LogP contribution in [0.3, 0.4) is 0 Å². The van der Waals surface area contributed by atoms with Crippen LogP contribution < -0.4 is 9.47 Å². The Bertz CT molecular complexity index is 801. The van der Waals surface area contributed by atoms with Crippen LogP contribution in [0.5, 0.6) is 23.0 Å². The molecule has 0 aliphatic heterocycles. The third kappa shape index (κ3) is 3.65. The van der Waals surface area contributed by atoms with Crippen LogP contribution in [0.25, 0.3) is 0 Å². The van der Waals surface area contributed by atoms with Gasteiger partial charge in [-0.1, -0.05) is 30.3 Å². The number of benzene rings is 3. The Morgan fingerprint density at radius 1 is 0.652 bits per heavy atom. The summed E-state index contributed by atoms with van der Waals surface area (Å²) in [6.45, 7) is 0. The van der Waals surface area contributed by atoms with Gasteiger partial charge in [0.1, 0.15) is 11.5 Å². The number of ether oxygens (including phenoxy) is 2. The van der Waals surface area contributed by atoms with Crippen molar-refractivity contribution < 1.29 is 14.4 Å². The van der Waals surface area contributed by atoms with E-state index in [9.17, 15) is 10.1 Å². The number of hydrogen-bond acceptors (Lipinski definition) is 4. The van der Waals surface area contributed by atoms with Gasteiger partial charge in [0.15, 0.2) is 11.5 Å². The first-order valence-electron chi connectivity index (χ1n) is 6.96. The minimum absolute atomic E-state index is 0.0196. The molecule has 3 aromatic carbocycles. The highest BCUT2D eigenvalue weighted by molar-refractivity contribution is 5.46. The van der Waals surface area contributed by atoms with Crippen molar-refractivity contribution in [1.29, 1.82) is 0 Å². The molecule has 0 atom stereocenters. The predicted molar refractivity (Wildman–Crippen MR) is 86.1 cm³/mol. The van der Waals surface area contributed by atoms with E-state index in [-0.39, 0.29) is 5.69 Å². The molecule has 0 aliphatic rings. The maximum absolute atomic E-state index is 10.7. The molecule has 0 unspecified atom stereocenters. The summed E-state index contributed by atoms with van der Waals surface area (Å²) in [6, 6.07) is 22.5. The second-order valence-electron chi connectivity index (χ2n) is 4.71. The molecule has 0 aliphatic carbocycles. The molecule has 0 radical (unpaired) electrons. The van der Waals surface area contributed by atoms with Crippen molar-refractivity contribution in [2.75, 3.05) is 0 Å². The van der Waals surface area contributed by atoms with Crippen LogP contribution in [-0.4, -0.2) is 4.92 Å². The van der Waals surface area contributed by atoms with E-state index >= 15 is 0 Å². The Kier molecular flexibility index (Phi) is 4.20. The standard InChI is InChI=1S/C18H13NO4/c20-19(21)14-10-12-16(13-11-14)23-18-9-5-4-8-17(18)22-15-6-2-1-3-7-15/h1-13H. The van der Waals surface area contributed by atoms with Crippen LogP contribution in [0.15, 0.2) is 78.9 Å². The monoisotopic (exact) mass is 307 g/mol. The lowest BCUT2D eigenvalue weighted by Crippen LogP contribution is -1.91. The smallest absolute Gasteiger partial charge is 0.269 e. The molecule has 0 fully saturated rings. The van der Waals surface area contributed by atoms with Gasteiger partial charge in [-0.3, -0.25) is 10.1 Å². The zero-order valence-electron chi connectivity index (χ0n) is 12.1. The second kappa shape index (κ2) is 6.62. The quantitative estimate of drug-likeness (QED) is 0.481. The molecule has 0 saturated heterocycles. The van der Waals surface area contributed by atoms with Crippen LogP contribution in [-0.2, 0) is 0 Å². The van der Waals surface area contributed by atoms with E-state index in [1.807, 2.05) is 42.5 Å². The Balaban J connectivity index is 1.81.